The fraction of sp³-hybridized carbons (Fsp3) is 0. The van der Waals surface area contributed by atoms with E-state index in [0.29, 0.717) is 5.69 Å². The maximum atomic E-state index is 12.7. The number of aliphatic imine (C=N–C) groups is 1. The zero-order chi connectivity index (χ0) is 12.3. The molecule has 0 spiro atoms. The fourth-order valence-corrected chi connectivity index (χ4v) is 1.82. The summed E-state index contributed by atoms with van der Waals surface area (Å²) in [5, 5.41) is 9.37. The van der Waals surface area contributed by atoms with E-state index in [0.717, 1.165) is 9.13 Å². The highest BCUT2D eigenvalue weighted by molar-refractivity contribution is 14.1. The number of hydrogen-bond acceptors (Lipinski definition) is 2. The van der Waals surface area contributed by atoms with Gasteiger partial charge in [0, 0.05) is 6.21 Å². The molecular weight excluding hydrogens is 332 g/mol. The van der Waals surface area contributed by atoms with Crippen LogP contribution in [0.2, 0.25) is 0 Å². The van der Waals surface area contributed by atoms with Crippen molar-refractivity contribution in [3.05, 3.63) is 57.4 Å². The fourth-order valence-electron chi connectivity index (χ4n) is 1.28. The smallest absolute Gasteiger partial charge is 0.128 e. The number of phenols is 1. The molecule has 0 fully saturated rings. The van der Waals surface area contributed by atoms with Gasteiger partial charge < -0.3 is 5.11 Å². The molecular formula is C13H9FINO. The Morgan fingerprint density at radius 1 is 1.12 bits per heavy atom. The van der Waals surface area contributed by atoms with Crippen LogP contribution >= 0.6 is 22.6 Å². The van der Waals surface area contributed by atoms with E-state index in [1.165, 1.54) is 12.1 Å². The van der Waals surface area contributed by atoms with E-state index in [1.807, 2.05) is 28.7 Å². The van der Waals surface area contributed by atoms with Crippen LogP contribution in [0, 0.1) is 9.39 Å². The largest absolute Gasteiger partial charge is 0.507 e. The van der Waals surface area contributed by atoms with Crippen LogP contribution < -0.4 is 0 Å². The molecule has 0 aliphatic carbocycles. The number of halogens is 2. The van der Waals surface area contributed by atoms with Gasteiger partial charge in [0.05, 0.1) is 9.26 Å². The molecule has 4 heteroatoms. The van der Waals surface area contributed by atoms with Gasteiger partial charge in [0.25, 0.3) is 0 Å². The Bertz CT molecular complexity index is 552. The summed E-state index contributed by atoms with van der Waals surface area (Å²) in [6.07, 6.45) is 1.68. The van der Waals surface area contributed by atoms with E-state index in [4.69, 9.17) is 0 Å². The third-order valence-corrected chi connectivity index (χ3v) is 3.03. The quantitative estimate of drug-likeness (QED) is 0.653. The van der Waals surface area contributed by atoms with Crippen LogP contribution in [0.25, 0.3) is 0 Å². The first-order valence-electron chi connectivity index (χ1n) is 4.93. The monoisotopic (exact) mass is 341 g/mol. The van der Waals surface area contributed by atoms with Crippen LogP contribution in [-0.2, 0) is 0 Å². The van der Waals surface area contributed by atoms with Gasteiger partial charge in [0.15, 0.2) is 0 Å². The maximum Gasteiger partial charge on any atom is 0.128 e. The molecule has 0 saturated heterocycles. The zero-order valence-corrected chi connectivity index (χ0v) is 10.9. The molecule has 17 heavy (non-hydrogen) atoms. The summed E-state index contributed by atoms with van der Waals surface area (Å²) in [4.78, 5) is 4.21. The lowest BCUT2D eigenvalue weighted by Crippen LogP contribution is -1.82. The second-order valence-electron chi connectivity index (χ2n) is 3.45. The lowest BCUT2D eigenvalue weighted by atomic mass is 10.2. The first-order valence-corrected chi connectivity index (χ1v) is 6.01. The Balaban J connectivity index is 2.20. The highest BCUT2D eigenvalue weighted by atomic mass is 127. The predicted octanol–water partition coefficient (Wildman–Crippen LogP) is 3.89. The zero-order valence-electron chi connectivity index (χ0n) is 8.77. The van der Waals surface area contributed by atoms with Gasteiger partial charge in [0.2, 0.25) is 0 Å². The second-order valence-corrected chi connectivity index (χ2v) is 4.61. The van der Waals surface area contributed by atoms with Gasteiger partial charge in [-0.1, -0.05) is 0 Å². The summed E-state index contributed by atoms with van der Waals surface area (Å²) < 4.78 is 13.4. The van der Waals surface area contributed by atoms with Crippen LogP contribution in [0.1, 0.15) is 5.56 Å². The molecule has 1 N–H and O–H groups in total. The van der Waals surface area contributed by atoms with Crippen LogP contribution in [0.15, 0.2) is 47.5 Å². The molecule has 0 radical (unpaired) electrons. The van der Waals surface area contributed by atoms with E-state index in [9.17, 15) is 9.50 Å². The third-order valence-electron chi connectivity index (χ3n) is 2.16. The van der Waals surface area contributed by atoms with Crippen molar-refractivity contribution in [1.29, 1.82) is 0 Å². The highest BCUT2D eigenvalue weighted by Gasteiger charge is 1.97. The number of phenolic OH excluding ortho intramolecular Hbond substituents is 1. The van der Waals surface area contributed by atoms with Crippen molar-refractivity contribution < 1.29 is 9.50 Å². The van der Waals surface area contributed by atoms with E-state index in [-0.39, 0.29) is 11.6 Å². The summed E-state index contributed by atoms with van der Waals surface area (Å²) in [5.41, 5.74) is 1.58. The van der Waals surface area contributed by atoms with Gasteiger partial charge in [0.1, 0.15) is 11.6 Å². The lowest BCUT2D eigenvalue weighted by Gasteiger charge is -1.98. The Hall–Kier alpha value is -1.43. The number of rotatable bonds is 2. The molecule has 2 rings (SSSR count). The van der Waals surface area contributed by atoms with Gasteiger partial charge in [-0.15, -0.1) is 0 Å². The molecule has 0 amide bonds. The molecule has 2 nitrogen and oxygen atoms in total. The van der Waals surface area contributed by atoms with Crippen molar-refractivity contribution in [2.45, 2.75) is 0 Å². The molecule has 0 aliphatic rings. The number of hydrogen-bond donors (Lipinski definition) is 1. The van der Waals surface area contributed by atoms with Crippen LogP contribution in [-0.4, -0.2) is 11.3 Å². The van der Waals surface area contributed by atoms with Gasteiger partial charge >= 0.3 is 0 Å². The Morgan fingerprint density at radius 3 is 2.47 bits per heavy atom. The molecule has 86 valence electrons. The summed E-state index contributed by atoms with van der Waals surface area (Å²) in [6.45, 7) is 0. The van der Waals surface area contributed by atoms with Gasteiger partial charge in [-0.3, -0.25) is 4.99 Å². The average molecular weight is 341 g/mol. The minimum Gasteiger partial charge on any atom is -0.507 e. The van der Waals surface area contributed by atoms with Crippen molar-refractivity contribution in [3.8, 4) is 5.75 Å². The van der Waals surface area contributed by atoms with E-state index in [2.05, 4.69) is 4.99 Å². The maximum absolute atomic E-state index is 12.7. The van der Waals surface area contributed by atoms with E-state index >= 15 is 0 Å². The SMILES string of the molecule is Oc1ccc(C=Nc2ccc(F)cc2)cc1I. The topological polar surface area (TPSA) is 32.6 Å². The van der Waals surface area contributed by atoms with Crippen molar-refractivity contribution in [3.63, 3.8) is 0 Å². The molecule has 2 aromatic rings. The molecule has 0 bridgehead atoms. The highest BCUT2D eigenvalue weighted by Crippen LogP contribution is 2.20. The van der Waals surface area contributed by atoms with Crippen molar-refractivity contribution >= 4 is 34.5 Å². The molecule has 2 aromatic carbocycles. The first kappa shape index (κ1) is 12.0. The summed E-state index contributed by atoms with van der Waals surface area (Å²) in [5.74, 6) is -0.0207. The minimum absolute atomic E-state index is 0.254. The molecule has 0 unspecified atom stereocenters. The normalized spacial score (nSPS) is 10.9. The number of nitrogens with zero attached hydrogens (tertiary/aromatic N) is 1. The van der Waals surface area contributed by atoms with Gasteiger partial charge in [-0.25, -0.2) is 4.39 Å². The number of benzene rings is 2. The standard InChI is InChI=1S/C13H9FINO/c14-10-2-4-11(5-3-10)16-8-9-1-6-13(17)12(15)7-9/h1-8,17H. The van der Waals surface area contributed by atoms with E-state index in [1.54, 1.807) is 30.5 Å². The Morgan fingerprint density at radius 2 is 1.82 bits per heavy atom. The Kier molecular flexibility index (Phi) is 3.73. The van der Waals surface area contributed by atoms with Crippen molar-refractivity contribution in [2.75, 3.05) is 0 Å². The lowest BCUT2D eigenvalue weighted by molar-refractivity contribution is 0.471. The summed E-state index contributed by atoms with van der Waals surface area (Å²) in [7, 11) is 0. The van der Waals surface area contributed by atoms with Crippen molar-refractivity contribution in [1.82, 2.24) is 0 Å². The molecule has 0 heterocycles. The van der Waals surface area contributed by atoms with Crippen LogP contribution in [0.5, 0.6) is 5.75 Å². The van der Waals surface area contributed by atoms with Crippen LogP contribution in [0.3, 0.4) is 0 Å². The van der Waals surface area contributed by atoms with E-state index < -0.39 is 0 Å². The van der Waals surface area contributed by atoms with Crippen molar-refractivity contribution in [2.24, 2.45) is 4.99 Å². The minimum atomic E-state index is -0.275. The third kappa shape index (κ3) is 3.26. The van der Waals surface area contributed by atoms with Gasteiger partial charge in [-0.05, 0) is 70.6 Å². The summed E-state index contributed by atoms with van der Waals surface area (Å²) in [6, 6.07) is 11.2. The van der Waals surface area contributed by atoms with Crippen LogP contribution in [0.4, 0.5) is 10.1 Å². The molecule has 0 atom stereocenters. The first-order chi connectivity index (χ1) is 8.15. The molecule has 0 saturated carbocycles. The summed E-state index contributed by atoms with van der Waals surface area (Å²) >= 11 is 2.05. The molecule has 0 aliphatic heterocycles. The Labute approximate surface area is 112 Å². The van der Waals surface area contributed by atoms with Gasteiger partial charge in [-0.2, -0.15) is 0 Å². The molecule has 0 aromatic heterocycles. The average Bonchev–Trinajstić information content (AvgIpc) is 2.33. The predicted molar refractivity (Wildman–Crippen MR) is 74.5 cm³/mol. The number of aromatic hydroxyl groups is 1. The second kappa shape index (κ2) is 5.27.